The molecular formula is C20H29ClN4O3. The van der Waals surface area contributed by atoms with Crippen LogP contribution in [0, 0.1) is 0 Å². The van der Waals surface area contributed by atoms with Crippen molar-refractivity contribution in [2.24, 2.45) is 0 Å². The van der Waals surface area contributed by atoms with E-state index in [1.54, 1.807) is 6.07 Å². The first kappa shape index (κ1) is 19.7. The molecule has 1 aromatic rings. The van der Waals surface area contributed by atoms with E-state index in [2.05, 4.69) is 19.8 Å². The third kappa shape index (κ3) is 4.06. The maximum atomic E-state index is 12.4. The molecule has 4 atom stereocenters. The molecule has 4 heterocycles. The summed E-state index contributed by atoms with van der Waals surface area (Å²) < 4.78 is 11.3. The Morgan fingerprint density at radius 2 is 2.07 bits per heavy atom. The number of aromatic nitrogens is 2. The molecule has 8 heteroatoms. The van der Waals surface area contributed by atoms with E-state index in [0.717, 1.165) is 32.1 Å². The Kier molecular flexibility index (Phi) is 5.92. The predicted molar refractivity (Wildman–Crippen MR) is 107 cm³/mol. The summed E-state index contributed by atoms with van der Waals surface area (Å²) in [6.07, 6.45) is 6.72. The van der Waals surface area contributed by atoms with Crippen LogP contribution in [-0.4, -0.2) is 65.3 Å². The molecule has 28 heavy (non-hydrogen) atoms. The van der Waals surface area contributed by atoms with E-state index in [1.165, 1.54) is 6.42 Å². The van der Waals surface area contributed by atoms with Crippen LogP contribution in [0.3, 0.4) is 0 Å². The van der Waals surface area contributed by atoms with Gasteiger partial charge in [0.05, 0.1) is 13.2 Å². The van der Waals surface area contributed by atoms with E-state index in [-0.39, 0.29) is 18.1 Å². The molecule has 3 aliphatic heterocycles. The summed E-state index contributed by atoms with van der Waals surface area (Å²) in [4.78, 5) is 25.7. The van der Waals surface area contributed by atoms with Crippen molar-refractivity contribution in [3.8, 4) is 5.88 Å². The van der Waals surface area contributed by atoms with Crippen LogP contribution in [0.2, 0.25) is 5.15 Å². The van der Waals surface area contributed by atoms with Gasteiger partial charge in [-0.25, -0.2) is 4.98 Å². The number of nitrogens with zero attached hydrogens (tertiary/aromatic N) is 4. The van der Waals surface area contributed by atoms with Crippen LogP contribution in [-0.2, 0) is 9.53 Å². The normalized spacial score (nSPS) is 29.6. The lowest BCUT2D eigenvalue weighted by Gasteiger charge is -2.50. The Balaban J connectivity index is 1.49. The van der Waals surface area contributed by atoms with E-state index in [1.807, 2.05) is 14.0 Å². The van der Waals surface area contributed by atoms with Gasteiger partial charge in [0.25, 0.3) is 0 Å². The highest BCUT2D eigenvalue weighted by Gasteiger charge is 2.41. The van der Waals surface area contributed by atoms with Gasteiger partial charge in [-0.15, -0.1) is 0 Å². The van der Waals surface area contributed by atoms with Crippen LogP contribution in [0.4, 0.5) is 5.95 Å². The topological polar surface area (TPSA) is 67.8 Å². The average Bonchev–Trinajstić information content (AvgIpc) is 3.18. The smallest absolute Gasteiger partial charge is 0.230 e. The summed E-state index contributed by atoms with van der Waals surface area (Å²) >= 11 is 6.26. The number of piperidine rings is 2. The second-order valence-corrected chi connectivity index (χ2v) is 8.45. The minimum atomic E-state index is 0.0202. The van der Waals surface area contributed by atoms with Crippen LogP contribution in [0.25, 0.3) is 0 Å². The summed E-state index contributed by atoms with van der Waals surface area (Å²) in [5, 5.41) is 0.379. The number of amides is 1. The van der Waals surface area contributed by atoms with Crippen molar-refractivity contribution in [3.63, 3.8) is 0 Å². The van der Waals surface area contributed by atoms with Gasteiger partial charge in [-0.1, -0.05) is 18.5 Å². The van der Waals surface area contributed by atoms with E-state index >= 15 is 0 Å². The number of halogens is 1. The van der Waals surface area contributed by atoms with Crippen LogP contribution in [0.1, 0.15) is 51.9 Å². The van der Waals surface area contributed by atoms with Crippen LogP contribution in [0.5, 0.6) is 5.88 Å². The van der Waals surface area contributed by atoms with Crippen molar-refractivity contribution in [3.05, 3.63) is 11.2 Å². The molecule has 7 nitrogen and oxygen atoms in total. The molecule has 0 aliphatic carbocycles. The van der Waals surface area contributed by atoms with Crippen LogP contribution < -0.4 is 9.64 Å². The van der Waals surface area contributed by atoms with Crippen molar-refractivity contribution in [1.29, 1.82) is 0 Å². The Bertz CT molecular complexity index is 699. The minimum absolute atomic E-state index is 0.0202. The zero-order chi connectivity index (χ0) is 19.7. The number of anilines is 1. The highest BCUT2D eigenvalue weighted by Crippen LogP contribution is 2.37. The number of hydrogen-bond donors (Lipinski definition) is 0. The molecule has 0 aromatic carbocycles. The Morgan fingerprint density at radius 1 is 1.32 bits per heavy atom. The zero-order valence-electron chi connectivity index (χ0n) is 16.6. The molecule has 0 spiro atoms. The summed E-state index contributed by atoms with van der Waals surface area (Å²) in [6.45, 7) is 3.25. The van der Waals surface area contributed by atoms with Gasteiger partial charge in [-0.2, -0.15) is 4.98 Å². The van der Waals surface area contributed by atoms with E-state index in [0.29, 0.717) is 48.7 Å². The number of hydrogen-bond acceptors (Lipinski definition) is 6. The number of carbonyl (C=O) groups is 1. The van der Waals surface area contributed by atoms with Gasteiger partial charge in [-0.3, -0.25) is 4.79 Å². The molecule has 0 saturated carbocycles. The van der Waals surface area contributed by atoms with Crippen LogP contribution in [0.15, 0.2) is 6.07 Å². The van der Waals surface area contributed by atoms with Gasteiger partial charge < -0.3 is 19.3 Å². The molecule has 2 unspecified atom stereocenters. The standard InChI is InChI=1S/C20H29ClN4O3/c1-3-19(26)25-13-5-4-6-14(25)10-15(9-13)24(2)20-22-17(21)11-18(23-20)28-16-7-8-27-12-16/h11,13-16H,3-10,12H2,1-2H3/t13-,14+,15?,16?. The molecule has 4 rings (SSSR count). The number of carbonyl (C=O) groups excluding carboxylic acids is 1. The van der Waals surface area contributed by atoms with E-state index < -0.39 is 0 Å². The SMILES string of the molecule is CCC(=O)N1[C@@H]2CCC[C@H]1CC(N(C)c1nc(Cl)cc(OC3CCOC3)n1)C2. The first-order chi connectivity index (χ1) is 13.5. The second kappa shape index (κ2) is 8.41. The third-order valence-corrected chi connectivity index (χ3v) is 6.43. The van der Waals surface area contributed by atoms with Crippen molar-refractivity contribution in [1.82, 2.24) is 14.9 Å². The lowest BCUT2D eigenvalue weighted by atomic mass is 9.81. The van der Waals surface area contributed by atoms with Crippen LogP contribution >= 0.6 is 11.6 Å². The van der Waals surface area contributed by atoms with Crippen molar-refractivity contribution >= 4 is 23.5 Å². The lowest BCUT2D eigenvalue weighted by molar-refractivity contribution is -0.140. The Morgan fingerprint density at radius 3 is 2.71 bits per heavy atom. The molecule has 3 fully saturated rings. The molecule has 154 valence electrons. The fourth-order valence-corrected chi connectivity index (χ4v) is 4.97. The van der Waals surface area contributed by atoms with Gasteiger partial charge >= 0.3 is 0 Å². The van der Waals surface area contributed by atoms with Gasteiger partial charge in [0.1, 0.15) is 11.3 Å². The Hall–Kier alpha value is -1.60. The maximum absolute atomic E-state index is 12.4. The molecule has 3 saturated heterocycles. The van der Waals surface area contributed by atoms with Gasteiger partial charge in [-0.05, 0) is 32.1 Å². The van der Waals surface area contributed by atoms with Gasteiger partial charge in [0.2, 0.25) is 17.7 Å². The highest BCUT2D eigenvalue weighted by molar-refractivity contribution is 6.29. The van der Waals surface area contributed by atoms with E-state index in [4.69, 9.17) is 21.1 Å². The third-order valence-electron chi connectivity index (χ3n) is 6.24. The first-order valence-corrected chi connectivity index (χ1v) is 10.8. The summed E-state index contributed by atoms with van der Waals surface area (Å²) in [5.41, 5.74) is 0. The molecule has 1 aromatic heterocycles. The molecule has 1 amide bonds. The summed E-state index contributed by atoms with van der Waals surface area (Å²) in [7, 11) is 2.02. The Labute approximate surface area is 171 Å². The number of rotatable bonds is 5. The number of ether oxygens (including phenoxy) is 2. The lowest BCUT2D eigenvalue weighted by Crippen LogP contribution is -2.58. The fourth-order valence-electron chi connectivity index (χ4n) is 4.80. The number of fused-ring (bicyclic) bond motifs is 2. The maximum Gasteiger partial charge on any atom is 0.230 e. The van der Waals surface area contributed by atoms with Crippen molar-refractivity contribution < 1.29 is 14.3 Å². The summed E-state index contributed by atoms with van der Waals surface area (Å²) in [5.74, 6) is 1.36. The van der Waals surface area contributed by atoms with Gasteiger partial charge in [0.15, 0.2) is 0 Å². The van der Waals surface area contributed by atoms with Gasteiger partial charge in [0, 0.05) is 44.1 Å². The minimum Gasteiger partial charge on any atom is -0.472 e. The predicted octanol–water partition coefficient (Wildman–Crippen LogP) is 3.06. The fraction of sp³-hybridized carbons (Fsp3) is 0.750. The largest absolute Gasteiger partial charge is 0.472 e. The quantitative estimate of drug-likeness (QED) is 0.697. The van der Waals surface area contributed by atoms with E-state index in [9.17, 15) is 4.79 Å². The molecule has 3 aliphatic rings. The second-order valence-electron chi connectivity index (χ2n) is 8.06. The molecule has 0 N–H and O–H groups in total. The molecular weight excluding hydrogens is 380 g/mol. The zero-order valence-corrected chi connectivity index (χ0v) is 17.4. The molecule has 0 radical (unpaired) electrons. The monoisotopic (exact) mass is 408 g/mol. The first-order valence-electron chi connectivity index (χ1n) is 10.4. The van der Waals surface area contributed by atoms with Crippen molar-refractivity contribution in [2.75, 3.05) is 25.2 Å². The highest BCUT2D eigenvalue weighted by atomic mass is 35.5. The molecule has 2 bridgehead atoms. The summed E-state index contributed by atoms with van der Waals surface area (Å²) in [6, 6.07) is 2.59. The van der Waals surface area contributed by atoms with Crippen molar-refractivity contribution in [2.45, 2.75) is 76.1 Å². The average molecular weight is 409 g/mol.